The number of benzene rings is 2. The van der Waals surface area contributed by atoms with Gasteiger partial charge in [-0.05, 0) is 23.3 Å². The Bertz CT molecular complexity index is 821. The van der Waals surface area contributed by atoms with Crippen LogP contribution in [-0.2, 0) is 17.8 Å². The van der Waals surface area contributed by atoms with Gasteiger partial charge in [-0.1, -0.05) is 24.3 Å². The SMILES string of the molecule is COc1ccc(N2C(=O)C3Cc4ccccc4CN3C2=O)c(OC)c1. The highest BCUT2D eigenvalue weighted by atomic mass is 16.5. The van der Waals surface area contributed by atoms with Crippen molar-refractivity contribution in [2.45, 2.75) is 19.0 Å². The molecule has 1 fully saturated rings. The van der Waals surface area contributed by atoms with Gasteiger partial charge in [0.2, 0.25) is 0 Å². The standard InChI is InChI=1S/C19H18N2O4/c1-24-14-7-8-15(17(10-14)25-2)21-18(22)16-9-12-5-3-4-6-13(12)11-20(16)19(21)23/h3-8,10,16H,9,11H2,1-2H3. The highest BCUT2D eigenvalue weighted by Crippen LogP contribution is 2.38. The second-order valence-electron chi connectivity index (χ2n) is 6.11. The van der Waals surface area contributed by atoms with Crippen LogP contribution in [0.4, 0.5) is 10.5 Å². The molecule has 0 spiro atoms. The first-order valence-electron chi connectivity index (χ1n) is 8.07. The molecule has 2 aliphatic rings. The van der Waals surface area contributed by atoms with E-state index in [-0.39, 0.29) is 11.9 Å². The van der Waals surface area contributed by atoms with Crippen LogP contribution in [0.15, 0.2) is 42.5 Å². The lowest BCUT2D eigenvalue weighted by atomic mass is 9.95. The number of imide groups is 1. The third-order valence-corrected chi connectivity index (χ3v) is 4.82. The maximum absolute atomic E-state index is 13.0. The van der Waals surface area contributed by atoms with Gasteiger partial charge in [0, 0.05) is 19.0 Å². The van der Waals surface area contributed by atoms with E-state index in [1.165, 1.54) is 12.0 Å². The Balaban J connectivity index is 1.72. The monoisotopic (exact) mass is 338 g/mol. The molecule has 1 saturated heterocycles. The average Bonchev–Trinajstić information content (AvgIpc) is 2.89. The molecule has 0 N–H and O–H groups in total. The van der Waals surface area contributed by atoms with E-state index >= 15 is 0 Å². The number of fused-ring (bicyclic) bond motifs is 2. The molecule has 0 radical (unpaired) electrons. The molecule has 2 aromatic carbocycles. The van der Waals surface area contributed by atoms with Gasteiger partial charge in [0.05, 0.1) is 19.9 Å². The van der Waals surface area contributed by atoms with Crippen LogP contribution in [0.2, 0.25) is 0 Å². The Morgan fingerprint density at radius 1 is 1.00 bits per heavy atom. The number of methoxy groups -OCH3 is 2. The second kappa shape index (κ2) is 5.81. The predicted octanol–water partition coefficient (Wildman–Crippen LogP) is 2.60. The minimum Gasteiger partial charge on any atom is -0.497 e. The molecule has 4 rings (SSSR count). The van der Waals surface area contributed by atoms with Crippen LogP contribution in [0.1, 0.15) is 11.1 Å². The van der Waals surface area contributed by atoms with Crippen LogP contribution in [0.3, 0.4) is 0 Å². The van der Waals surface area contributed by atoms with Crippen molar-refractivity contribution in [3.63, 3.8) is 0 Å². The van der Waals surface area contributed by atoms with E-state index < -0.39 is 6.04 Å². The zero-order valence-corrected chi connectivity index (χ0v) is 14.1. The van der Waals surface area contributed by atoms with Gasteiger partial charge in [0.15, 0.2) is 0 Å². The van der Waals surface area contributed by atoms with Gasteiger partial charge in [-0.25, -0.2) is 9.69 Å². The summed E-state index contributed by atoms with van der Waals surface area (Å²) in [6.45, 7) is 0.445. The molecule has 2 aliphatic heterocycles. The topological polar surface area (TPSA) is 59.1 Å². The largest absolute Gasteiger partial charge is 0.497 e. The van der Waals surface area contributed by atoms with Crippen molar-refractivity contribution in [3.8, 4) is 11.5 Å². The Hall–Kier alpha value is -3.02. The zero-order chi connectivity index (χ0) is 17.6. The van der Waals surface area contributed by atoms with Crippen molar-refractivity contribution in [3.05, 3.63) is 53.6 Å². The molecule has 0 aliphatic carbocycles. The van der Waals surface area contributed by atoms with E-state index in [1.54, 1.807) is 30.2 Å². The first-order valence-corrected chi connectivity index (χ1v) is 8.07. The zero-order valence-electron chi connectivity index (χ0n) is 14.1. The van der Waals surface area contributed by atoms with Crippen LogP contribution in [-0.4, -0.2) is 37.1 Å². The molecule has 0 aromatic heterocycles. The lowest BCUT2D eigenvalue weighted by molar-refractivity contribution is -0.120. The summed E-state index contributed by atoms with van der Waals surface area (Å²) < 4.78 is 10.6. The van der Waals surface area contributed by atoms with E-state index in [1.807, 2.05) is 24.3 Å². The Morgan fingerprint density at radius 3 is 2.48 bits per heavy atom. The molecule has 25 heavy (non-hydrogen) atoms. The van der Waals surface area contributed by atoms with Crippen molar-refractivity contribution < 1.29 is 19.1 Å². The van der Waals surface area contributed by atoms with E-state index in [4.69, 9.17) is 9.47 Å². The summed E-state index contributed by atoms with van der Waals surface area (Å²) in [7, 11) is 3.06. The maximum Gasteiger partial charge on any atom is 0.332 e. The molecule has 128 valence electrons. The number of carbonyl (C=O) groups excluding carboxylic acids is 2. The first kappa shape index (κ1) is 15.5. The van der Waals surface area contributed by atoms with Crippen LogP contribution >= 0.6 is 0 Å². The van der Waals surface area contributed by atoms with Crippen molar-refractivity contribution >= 4 is 17.6 Å². The van der Waals surface area contributed by atoms with Gasteiger partial charge in [-0.2, -0.15) is 0 Å². The normalized spacial score (nSPS) is 18.9. The number of urea groups is 1. The first-order chi connectivity index (χ1) is 12.1. The Morgan fingerprint density at radius 2 is 1.76 bits per heavy atom. The third-order valence-electron chi connectivity index (χ3n) is 4.82. The molecular weight excluding hydrogens is 320 g/mol. The molecule has 0 bridgehead atoms. The lowest BCUT2D eigenvalue weighted by Crippen LogP contribution is -2.39. The molecule has 1 atom stereocenters. The molecular formula is C19H18N2O4. The fourth-order valence-electron chi connectivity index (χ4n) is 3.51. The van der Waals surface area contributed by atoms with Crippen LogP contribution < -0.4 is 14.4 Å². The van der Waals surface area contributed by atoms with E-state index in [0.717, 1.165) is 11.1 Å². The molecule has 0 saturated carbocycles. The lowest BCUT2D eigenvalue weighted by Gasteiger charge is -2.28. The van der Waals surface area contributed by atoms with E-state index in [9.17, 15) is 9.59 Å². The van der Waals surface area contributed by atoms with Crippen molar-refractivity contribution in [1.29, 1.82) is 0 Å². The van der Waals surface area contributed by atoms with Gasteiger partial charge in [-0.3, -0.25) is 4.79 Å². The molecule has 6 nitrogen and oxygen atoms in total. The minimum absolute atomic E-state index is 0.219. The number of rotatable bonds is 3. The smallest absolute Gasteiger partial charge is 0.332 e. The number of carbonyl (C=O) groups is 2. The summed E-state index contributed by atoms with van der Waals surface area (Å²) in [6, 6.07) is 12.2. The summed E-state index contributed by atoms with van der Waals surface area (Å²) in [4.78, 5) is 28.7. The number of ether oxygens (including phenoxy) is 2. The number of nitrogens with zero attached hydrogens (tertiary/aromatic N) is 2. The van der Waals surface area contributed by atoms with Gasteiger partial charge in [0.25, 0.3) is 5.91 Å². The van der Waals surface area contributed by atoms with E-state index in [0.29, 0.717) is 30.2 Å². The number of amides is 3. The number of hydrogen-bond acceptors (Lipinski definition) is 4. The fourth-order valence-corrected chi connectivity index (χ4v) is 3.51. The van der Waals surface area contributed by atoms with Gasteiger partial charge in [0.1, 0.15) is 17.5 Å². The van der Waals surface area contributed by atoms with Gasteiger partial charge >= 0.3 is 6.03 Å². The van der Waals surface area contributed by atoms with Crippen LogP contribution in [0.25, 0.3) is 0 Å². The molecule has 3 amide bonds. The summed E-state index contributed by atoms with van der Waals surface area (Å²) in [6.07, 6.45) is 0.537. The van der Waals surface area contributed by atoms with Crippen LogP contribution in [0, 0.1) is 0 Å². The van der Waals surface area contributed by atoms with Gasteiger partial charge in [-0.15, -0.1) is 0 Å². The summed E-state index contributed by atoms with van der Waals surface area (Å²) >= 11 is 0. The average molecular weight is 338 g/mol. The second-order valence-corrected chi connectivity index (χ2v) is 6.11. The Kier molecular flexibility index (Phi) is 3.60. The van der Waals surface area contributed by atoms with Crippen molar-refractivity contribution in [2.24, 2.45) is 0 Å². The van der Waals surface area contributed by atoms with Crippen molar-refractivity contribution in [2.75, 3.05) is 19.1 Å². The Labute approximate surface area is 145 Å². The molecule has 2 heterocycles. The van der Waals surface area contributed by atoms with E-state index in [2.05, 4.69) is 0 Å². The van der Waals surface area contributed by atoms with Crippen LogP contribution in [0.5, 0.6) is 11.5 Å². The predicted molar refractivity (Wildman–Crippen MR) is 91.9 cm³/mol. The van der Waals surface area contributed by atoms with Gasteiger partial charge < -0.3 is 14.4 Å². The third kappa shape index (κ3) is 2.33. The summed E-state index contributed by atoms with van der Waals surface area (Å²) in [5.41, 5.74) is 2.65. The molecule has 1 unspecified atom stereocenters. The summed E-state index contributed by atoms with van der Waals surface area (Å²) in [5, 5.41) is 0. The molecule has 6 heteroatoms. The maximum atomic E-state index is 13.0. The fraction of sp³-hybridized carbons (Fsp3) is 0.263. The number of anilines is 1. The summed E-state index contributed by atoms with van der Waals surface area (Å²) in [5.74, 6) is 0.811. The highest BCUT2D eigenvalue weighted by Gasteiger charge is 2.48. The van der Waals surface area contributed by atoms with Crippen molar-refractivity contribution in [1.82, 2.24) is 4.90 Å². The highest BCUT2D eigenvalue weighted by molar-refractivity contribution is 6.22. The molecule has 2 aromatic rings. The number of hydrogen-bond donors (Lipinski definition) is 0. The quantitative estimate of drug-likeness (QED) is 0.807. The minimum atomic E-state index is -0.464.